The smallest absolute Gasteiger partial charge is 0.229 e. The van der Waals surface area contributed by atoms with E-state index < -0.39 is 0 Å². The zero-order valence-electron chi connectivity index (χ0n) is 14.4. The van der Waals surface area contributed by atoms with Crippen LogP contribution in [-0.2, 0) is 13.1 Å². The van der Waals surface area contributed by atoms with E-state index in [1.165, 1.54) is 25.7 Å². The minimum atomic E-state index is 0.513. The first kappa shape index (κ1) is 15.8. The molecule has 1 aliphatic heterocycles. The first-order chi connectivity index (χ1) is 11.7. The number of aromatic nitrogens is 3. The van der Waals surface area contributed by atoms with E-state index in [2.05, 4.69) is 32.1 Å². The molecule has 130 valence electrons. The fourth-order valence-electron chi connectivity index (χ4n) is 3.43. The highest BCUT2D eigenvalue weighted by Crippen LogP contribution is 2.38. The molecule has 1 saturated carbocycles. The van der Waals surface area contributed by atoms with Gasteiger partial charge in [0.25, 0.3) is 0 Å². The number of hydrogen-bond donors (Lipinski definition) is 0. The van der Waals surface area contributed by atoms with Gasteiger partial charge in [-0.15, -0.1) is 0 Å². The van der Waals surface area contributed by atoms with E-state index in [4.69, 9.17) is 9.05 Å². The van der Waals surface area contributed by atoms with Crippen molar-refractivity contribution in [3.63, 3.8) is 0 Å². The summed E-state index contributed by atoms with van der Waals surface area (Å²) >= 11 is 0. The van der Waals surface area contributed by atoms with Crippen molar-refractivity contribution in [3.05, 3.63) is 29.2 Å². The molecule has 2 aromatic rings. The van der Waals surface area contributed by atoms with Crippen LogP contribution in [0, 0.1) is 6.92 Å². The average molecular weight is 331 g/mol. The Kier molecular flexibility index (Phi) is 4.37. The second-order valence-corrected chi connectivity index (χ2v) is 7.20. The number of likely N-dealkylation sites (N-methyl/N-ethyl adjacent to an activating group) is 1. The van der Waals surface area contributed by atoms with Crippen molar-refractivity contribution in [2.45, 2.75) is 57.7 Å². The summed E-state index contributed by atoms with van der Waals surface area (Å²) in [7, 11) is 2.16. The van der Waals surface area contributed by atoms with Crippen molar-refractivity contribution in [2.24, 2.45) is 0 Å². The summed E-state index contributed by atoms with van der Waals surface area (Å²) in [6, 6.07) is 2.52. The average Bonchev–Trinajstić information content (AvgIpc) is 3.19. The van der Waals surface area contributed by atoms with Crippen LogP contribution >= 0.6 is 0 Å². The zero-order chi connectivity index (χ0) is 16.5. The van der Waals surface area contributed by atoms with Crippen LogP contribution in [0.3, 0.4) is 0 Å². The van der Waals surface area contributed by atoms with Crippen LogP contribution < -0.4 is 0 Å². The summed E-state index contributed by atoms with van der Waals surface area (Å²) in [6.45, 7) is 5.65. The number of nitrogens with zero attached hydrogens (tertiary/aromatic N) is 5. The van der Waals surface area contributed by atoms with Crippen molar-refractivity contribution in [3.8, 4) is 0 Å². The minimum absolute atomic E-state index is 0.513. The van der Waals surface area contributed by atoms with Crippen molar-refractivity contribution in [1.29, 1.82) is 0 Å². The lowest BCUT2D eigenvalue weighted by molar-refractivity contribution is 0.0984. The second-order valence-electron chi connectivity index (χ2n) is 7.20. The van der Waals surface area contributed by atoms with Crippen LogP contribution in [0.2, 0.25) is 0 Å². The Hall–Kier alpha value is -1.73. The molecular formula is C17H25N5O2. The van der Waals surface area contributed by atoms with Gasteiger partial charge < -0.3 is 9.05 Å². The van der Waals surface area contributed by atoms with Gasteiger partial charge in [0.1, 0.15) is 0 Å². The second kappa shape index (κ2) is 6.64. The van der Waals surface area contributed by atoms with Crippen LogP contribution in [0.5, 0.6) is 0 Å². The highest BCUT2D eigenvalue weighted by atomic mass is 16.5. The molecule has 1 saturated heterocycles. The van der Waals surface area contributed by atoms with Crippen LogP contribution in [0.25, 0.3) is 0 Å². The largest absolute Gasteiger partial charge is 0.360 e. The maximum atomic E-state index is 5.37. The summed E-state index contributed by atoms with van der Waals surface area (Å²) < 4.78 is 10.7. The Balaban J connectivity index is 1.32. The van der Waals surface area contributed by atoms with E-state index in [1.807, 2.05) is 13.0 Å². The van der Waals surface area contributed by atoms with Crippen LogP contribution in [0.4, 0.5) is 0 Å². The fourth-order valence-corrected chi connectivity index (χ4v) is 3.43. The van der Waals surface area contributed by atoms with Crippen LogP contribution in [0.1, 0.15) is 54.8 Å². The highest BCUT2D eigenvalue weighted by molar-refractivity contribution is 5.03. The van der Waals surface area contributed by atoms with E-state index in [9.17, 15) is 0 Å². The zero-order valence-corrected chi connectivity index (χ0v) is 14.4. The lowest BCUT2D eigenvalue weighted by Gasteiger charge is -2.36. The molecule has 2 aromatic heterocycles. The predicted octanol–water partition coefficient (Wildman–Crippen LogP) is 2.34. The van der Waals surface area contributed by atoms with Gasteiger partial charge in [0, 0.05) is 24.6 Å². The van der Waals surface area contributed by atoms with Gasteiger partial charge in [-0.05, 0) is 46.2 Å². The summed E-state index contributed by atoms with van der Waals surface area (Å²) in [5, 5.41) is 8.12. The molecule has 4 rings (SSSR count). The molecule has 1 atom stereocenters. The van der Waals surface area contributed by atoms with Crippen molar-refractivity contribution in [1.82, 2.24) is 25.1 Å². The Bertz CT molecular complexity index is 678. The molecule has 0 spiro atoms. The normalized spacial score (nSPS) is 22.4. The van der Waals surface area contributed by atoms with Crippen LogP contribution in [-0.4, -0.2) is 51.3 Å². The Labute approximate surface area is 142 Å². The molecule has 0 amide bonds. The van der Waals surface area contributed by atoms with Gasteiger partial charge >= 0.3 is 0 Å². The Morgan fingerprint density at radius 2 is 2.12 bits per heavy atom. The number of likely N-dealkylation sites (tertiary alicyclic amines) is 1. The van der Waals surface area contributed by atoms with Gasteiger partial charge in [-0.2, -0.15) is 4.98 Å². The third-order valence-electron chi connectivity index (χ3n) is 4.96. The van der Waals surface area contributed by atoms with Gasteiger partial charge in [-0.25, -0.2) is 0 Å². The van der Waals surface area contributed by atoms with Crippen molar-refractivity contribution in [2.75, 3.05) is 20.1 Å². The van der Waals surface area contributed by atoms with Crippen molar-refractivity contribution >= 4 is 0 Å². The van der Waals surface area contributed by atoms with Crippen LogP contribution in [0.15, 0.2) is 15.1 Å². The standard InChI is InChI=1S/C17H25N5O2/c1-12-8-15(23-19-12)10-21(2)14-4-3-7-22(9-14)11-16-18-17(24-20-16)13-5-6-13/h8,13-14H,3-7,9-11H2,1-2H3/t14-/m0/s1. The van der Waals surface area contributed by atoms with Gasteiger partial charge in [-0.1, -0.05) is 10.3 Å². The summed E-state index contributed by atoms with van der Waals surface area (Å²) in [5.41, 5.74) is 0.937. The fraction of sp³-hybridized carbons (Fsp3) is 0.706. The SMILES string of the molecule is Cc1cc(CN(C)[C@H]2CCCN(Cc3noc(C4CC4)n3)C2)on1. The summed E-state index contributed by atoms with van der Waals surface area (Å²) in [6.07, 6.45) is 4.79. The maximum Gasteiger partial charge on any atom is 0.229 e. The highest BCUT2D eigenvalue weighted by Gasteiger charge is 2.30. The number of piperidine rings is 1. The molecule has 7 heteroatoms. The van der Waals surface area contributed by atoms with E-state index in [1.54, 1.807) is 0 Å². The van der Waals surface area contributed by atoms with E-state index in [0.29, 0.717) is 12.0 Å². The topological polar surface area (TPSA) is 71.4 Å². The molecule has 3 heterocycles. The number of hydrogen-bond acceptors (Lipinski definition) is 7. The van der Waals surface area contributed by atoms with Gasteiger partial charge in [-0.3, -0.25) is 9.80 Å². The minimum Gasteiger partial charge on any atom is -0.360 e. The first-order valence-electron chi connectivity index (χ1n) is 8.84. The van der Waals surface area contributed by atoms with E-state index in [0.717, 1.165) is 49.3 Å². The summed E-state index contributed by atoms with van der Waals surface area (Å²) in [5.74, 6) is 3.11. The quantitative estimate of drug-likeness (QED) is 0.804. The summed E-state index contributed by atoms with van der Waals surface area (Å²) in [4.78, 5) is 9.34. The van der Waals surface area contributed by atoms with E-state index in [-0.39, 0.29) is 0 Å². The van der Waals surface area contributed by atoms with Gasteiger partial charge in [0.05, 0.1) is 18.8 Å². The molecule has 2 fully saturated rings. The molecule has 0 N–H and O–H groups in total. The van der Waals surface area contributed by atoms with Gasteiger partial charge in [0.2, 0.25) is 5.89 Å². The maximum absolute atomic E-state index is 5.37. The predicted molar refractivity (Wildman–Crippen MR) is 87.3 cm³/mol. The van der Waals surface area contributed by atoms with E-state index >= 15 is 0 Å². The molecule has 24 heavy (non-hydrogen) atoms. The molecule has 0 unspecified atom stereocenters. The Morgan fingerprint density at radius 3 is 2.88 bits per heavy atom. The third-order valence-corrected chi connectivity index (χ3v) is 4.96. The molecule has 0 radical (unpaired) electrons. The lowest BCUT2D eigenvalue weighted by atomic mass is 10.0. The molecular weight excluding hydrogens is 306 g/mol. The molecule has 2 aliphatic rings. The van der Waals surface area contributed by atoms with Crippen molar-refractivity contribution < 1.29 is 9.05 Å². The molecule has 1 aliphatic carbocycles. The number of aryl methyl sites for hydroxylation is 1. The monoisotopic (exact) mass is 331 g/mol. The molecule has 0 bridgehead atoms. The molecule has 0 aromatic carbocycles. The molecule has 7 nitrogen and oxygen atoms in total. The van der Waals surface area contributed by atoms with Gasteiger partial charge in [0.15, 0.2) is 11.6 Å². The first-order valence-corrected chi connectivity index (χ1v) is 8.84. The Morgan fingerprint density at radius 1 is 1.25 bits per heavy atom. The number of rotatable bonds is 6. The third kappa shape index (κ3) is 3.67. The lowest BCUT2D eigenvalue weighted by Crippen LogP contribution is -2.45.